The summed E-state index contributed by atoms with van der Waals surface area (Å²) >= 11 is 0. The van der Waals surface area contributed by atoms with E-state index < -0.39 is 0 Å². The first-order valence-electron chi connectivity index (χ1n) is 7.82. The molecule has 0 spiro atoms. The van der Waals surface area contributed by atoms with Crippen molar-refractivity contribution in [2.75, 3.05) is 6.54 Å². The van der Waals surface area contributed by atoms with Gasteiger partial charge in [-0.15, -0.1) is 0 Å². The molecule has 1 aliphatic rings. The molecular weight excluding hydrogens is 253 g/mol. The molecule has 0 aromatic heterocycles. The maximum Gasteiger partial charge on any atom is 0.123 e. The van der Waals surface area contributed by atoms with E-state index >= 15 is 0 Å². The van der Waals surface area contributed by atoms with Crippen molar-refractivity contribution in [1.82, 2.24) is 5.32 Å². The smallest absolute Gasteiger partial charge is 0.123 e. The number of hydrogen-bond acceptors (Lipinski definition) is 2. The SMILES string of the molecule is CCCNC(C)C(CC)CC1Cc2cc(F)ccc2O1. The van der Waals surface area contributed by atoms with Crippen LogP contribution in [0, 0.1) is 11.7 Å². The van der Waals surface area contributed by atoms with Crippen molar-refractivity contribution in [2.24, 2.45) is 5.92 Å². The molecule has 0 saturated carbocycles. The molecule has 2 nitrogen and oxygen atoms in total. The zero-order valence-corrected chi connectivity index (χ0v) is 12.8. The van der Waals surface area contributed by atoms with Crippen LogP contribution in [0.4, 0.5) is 4.39 Å². The maximum absolute atomic E-state index is 13.2. The molecule has 3 heteroatoms. The molecule has 20 heavy (non-hydrogen) atoms. The molecule has 1 aliphatic heterocycles. The van der Waals surface area contributed by atoms with Crippen molar-refractivity contribution >= 4 is 0 Å². The summed E-state index contributed by atoms with van der Waals surface area (Å²) in [6, 6.07) is 5.34. The van der Waals surface area contributed by atoms with Crippen molar-refractivity contribution in [1.29, 1.82) is 0 Å². The predicted molar refractivity (Wildman–Crippen MR) is 80.7 cm³/mol. The summed E-state index contributed by atoms with van der Waals surface area (Å²) in [5, 5.41) is 3.57. The first kappa shape index (κ1) is 15.3. The average molecular weight is 279 g/mol. The largest absolute Gasteiger partial charge is 0.490 e. The van der Waals surface area contributed by atoms with Crippen molar-refractivity contribution in [3.63, 3.8) is 0 Å². The Labute approximate surface area is 121 Å². The molecule has 0 fully saturated rings. The van der Waals surface area contributed by atoms with Crippen LogP contribution in [-0.2, 0) is 6.42 Å². The van der Waals surface area contributed by atoms with E-state index in [1.807, 2.05) is 0 Å². The zero-order valence-electron chi connectivity index (χ0n) is 12.8. The van der Waals surface area contributed by atoms with Gasteiger partial charge in [-0.05, 0) is 50.4 Å². The van der Waals surface area contributed by atoms with E-state index in [2.05, 4.69) is 26.1 Å². The molecule has 2 rings (SSSR count). The summed E-state index contributed by atoms with van der Waals surface area (Å²) in [6.07, 6.45) is 4.37. The summed E-state index contributed by atoms with van der Waals surface area (Å²) in [5.74, 6) is 1.30. The zero-order chi connectivity index (χ0) is 14.5. The Morgan fingerprint density at radius 1 is 1.40 bits per heavy atom. The second-order valence-electron chi connectivity index (χ2n) is 5.84. The molecule has 0 bridgehead atoms. The predicted octanol–water partition coefficient (Wildman–Crippen LogP) is 3.93. The van der Waals surface area contributed by atoms with Crippen molar-refractivity contribution in [3.8, 4) is 5.75 Å². The number of nitrogens with one attached hydrogen (secondary N) is 1. The molecular formula is C17H26FNO. The van der Waals surface area contributed by atoms with Crippen LogP contribution < -0.4 is 10.1 Å². The van der Waals surface area contributed by atoms with E-state index in [-0.39, 0.29) is 11.9 Å². The van der Waals surface area contributed by atoms with Crippen LogP contribution in [0.3, 0.4) is 0 Å². The van der Waals surface area contributed by atoms with E-state index in [1.165, 1.54) is 6.07 Å². The summed E-state index contributed by atoms with van der Waals surface area (Å²) in [7, 11) is 0. The first-order chi connectivity index (χ1) is 9.63. The summed E-state index contributed by atoms with van der Waals surface area (Å²) < 4.78 is 19.2. The highest BCUT2D eigenvalue weighted by molar-refractivity contribution is 5.37. The molecule has 0 saturated heterocycles. The standard InChI is InChI=1S/C17H26FNO/c1-4-8-19-12(3)13(5-2)10-16-11-14-9-15(18)6-7-17(14)20-16/h6-7,9,12-13,16,19H,4-5,8,10-11H2,1-3H3. The number of benzene rings is 1. The second kappa shape index (κ2) is 7.07. The van der Waals surface area contributed by atoms with Crippen LogP contribution >= 0.6 is 0 Å². The monoisotopic (exact) mass is 279 g/mol. The molecule has 3 atom stereocenters. The van der Waals surface area contributed by atoms with Crippen LogP contribution in [0.1, 0.15) is 45.6 Å². The lowest BCUT2D eigenvalue weighted by Crippen LogP contribution is -2.36. The Morgan fingerprint density at radius 2 is 2.20 bits per heavy atom. The number of hydrogen-bond donors (Lipinski definition) is 1. The number of ether oxygens (including phenoxy) is 1. The molecule has 0 aliphatic carbocycles. The lowest BCUT2D eigenvalue weighted by molar-refractivity contribution is 0.176. The summed E-state index contributed by atoms with van der Waals surface area (Å²) in [4.78, 5) is 0. The topological polar surface area (TPSA) is 21.3 Å². The van der Waals surface area contributed by atoms with Crippen molar-refractivity contribution < 1.29 is 9.13 Å². The van der Waals surface area contributed by atoms with E-state index in [0.29, 0.717) is 12.0 Å². The number of halogens is 1. The minimum Gasteiger partial charge on any atom is -0.490 e. The molecule has 3 unspecified atom stereocenters. The molecule has 0 amide bonds. The Hall–Kier alpha value is -1.09. The van der Waals surface area contributed by atoms with E-state index in [1.54, 1.807) is 12.1 Å². The van der Waals surface area contributed by atoms with Gasteiger partial charge in [0.25, 0.3) is 0 Å². The Kier molecular flexibility index (Phi) is 5.41. The van der Waals surface area contributed by atoms with Gasteiger partial charge in [-0.1, -0.05) is 20.3 Å². The second-order valence-corrected chi connectivity index (χ2v) is 5.84. The maximum atomic E-state index is 13.2. The molecule has 0 radical (unpaired) electrons. The number of rotatable bonds is 7. The van der Waals surface area contributed by atoms with Crippen molar-refractivity contribution in [3.05, 3.63) is 29.6 Å². The minimum atomic E-state index is -0.168. The third kappa shape index (κ3) is 3.72. The lowest BCUT2D eigenvalue weighted by atomic mass is 9.90. The highest BCUT2D eigenvalue weighted by atomic mass is 19.1. The fourth-order valence-electron chi connectivity index (χ4n) is 3.02. The molecule has 1 heterocycles. The third-order valence-corrected chi connectivity index (χ3v) is 4.28. The highest BCUT2D eigenvalue weighted by Gasteiger charge is 2.27. The Morgan fingerprint density at radius 3 is 2.90 bits per heavy atom. The van der Waals surface area contributed by atoms with Crippen LogP contribution in [0.25, 0.3) is 0 Å². The van der Waals surface area contributed by atoms with E-state index in [9.17, 15) is 4.39 Å². The average Bonchev–Trinajstić information content (AvgIpc) is 2.83. The molecule has 1 aromatic rings. The summed E-state index contributed by atoms with van der Waals surface area (Å²) in [6.45, 7) is 7.74. The van der Waals surface area contributed by atoms with Gasteiger partial charge in [0.2, 0.25) is 0 Å². The van der Waals surface area contributed by atoms with Gasteiger partial charge in [-0.3, -0.25) is 0 Å². The van der Waals surface area contributed by atoms with Crippen LogP contribution in [-0.4, -0.2) is 18.7 Å². The van der Waals surface area contributed by atoms with E-state index in [4.69, 9.17) is 4.74 Å². The highest BCUT2D eigenvalue weighted by Crippen LogP contribution is 2.32. The normalized spacial score (nSPS) is 20.3. The van der Waals surface area contributed by atoms with Crippen molar-refractivity contribution in [2.45, 2.75) is 58.6 Å². The van der Waals surface area contributed by atoms with Gasteiger partial charge >= 0.3 is 0 Å². The van der Waals surface area contributed by atoms with E-state index in [0.717, 1.165) is 43.5 Å². The first-order valence-corrected chi connectivity index (χ1v) is 7.82. The lowest BCUT2D eigenvalue weighted by Gasteiger charge is -2.26. The Bertz CT molecular complexity index is 435. The third-order valence-electron chi connectivity index (χ3n) is 4.28. The van der Waals surface area contributed by atoms with Gasteiger partial charge in [0.05, 0.1) is 0 Å². The van der Waals surface area contributed by atoms with Crippen LogP contribution in [0.15, 0.2) is 18.2 Å². The van der Waals surface area contributed by atoms with Gasteiger partial charge in [-0.25, -0.2) is 4.39 Å². The molecule has 1 N–H and O–H groups in total. The van der Waals surface area contributed by atoms with Gasteiger partial charge in [-0.2, -0.15) is 0 Å². The van der Waals surface area contributed by atoms with Gasteiger partial charge < -0.3 is 10.1 Å². The van der Waals surface area contributed by atoms with Gasteiger partial charge in [0, 0.05) is 18.0 Å². The summed E-state index contributed by atoms with van der Waals surface area (Å²) in [5.41, 5.74) is 1.01. The number of fused-ring (bicyclic) bond motifs is 1. The Balaban J connectivity index is 1.91. The quantitative estimate of drug-likeness (QED) is 0.816. The molecule has 112 valence electrons. The minimum absolute atomic E-state index is 0.168. The molecule has 1 aromatic carbocycles. The fourth-order valence-corrected chi connectivity index (χ4v) is 3.02. The van der Waals surface area contributed by atoms with Crippen LogP contribution in [0.2, 0.25) is 0 Å². The van der Waals surface area contributed by atoms with Gasteiger partial charge in [0.1, 0.15) is 17.7 Å². The van der Waals surface area contributed by atoms with Crippen LogP contribution in [0.5, 0.6) is 5.75 Å². The van der Waals surface area contributed by atoms with Gasteiger partial charge in [0.15, 0.2) is 0 Å². The fraction of sp³-hybridized carbons (Fsp3) is 0.647.